The molecule has 0 saturated carbocycles. The summed E-state index contributed by atoms with van der Waals surface area (Å²) in [6, 6.07) is 0. The van der Waals surface area contributed by atoms with Crippen LogP contribution in [0.15, 0.2) is 12.4 Å². The van der Waals surface area contributed by atoms with Gasteiger partial charge in [-0.05, 0) is 13.8 Å². The van der Waals surface area contributed by atoms with Gasteiger partial charge in [0, 0.05) is 51.4 Å². The number of alkyl halides is 1. The Morgan fingerprint density at radius 1 is 1.56 bits per heavy atom. The van der Waals surface area contributed by atoms with Gasteiger partial charge in [0.2, 0.25) is 0 Å². The molecule has 2 heterocycles. The Morgan fingerprint density at radius 3 is 2.94 bits per heavy atom. The minimum atomic E-state index is -0.112. The summed E-state index contributed by atoms with van der Waals surface area (Å²) in [7, 11) is 2.03. The van der Waals surface area contributed by atoms with E-state index in [1.165, 1.54) is 0 Å². The first-order valence-electron chi connectivity index (χ1n) is 6.42. The van der Waals surface area contributed by atoms with E-state index in [1.54, 1.807) is 0 Å². The van der Waals surface area contributed by atoms with E-state index in [-0.39, 0.29) is 11.7 Å². The average Bonchev–Trinajstić information content (AvgIpc) is 2.70. The van der Waals surface area contributed by atoms with Crippen molar-refractivity contribution in [1.82, 2.24) is 14.5 Å². The van der Waals surface area contributed by atoms with Gasteiger partial charge < -0.3 is 9.30 Å². The number of hydrogen-bond acceptors (Lipinski definition) is 3. The SMILES string of the molecule is Cn1ccnc1CCN1CC(CCl)OC(C)(C)C1. The number of ether oxygens (including phenoxy) is 1. The van der Waals surface area contributed by atoms with Crippen molar-refractivity contribution in [1.29, 1.82) is 0 Å². The van der Waals surface area contributed by atoms with Gasteiger partial charge in [-0.25, -0.2) is 4.98 Å². The third-order valence-electron chi connectivity index (χ3n) is 3.30. The molecule has 1 aliphatic rings. The van der Waals surface area contributed by atoms with Crippen LogP contribution in [0.3, 0.4) is 0 Å². The summed E-state index contributed by atoms with van der Waals surface area (Å²) in [5.41, 5.74) is -0.112. The Bertz CT molecular complexity index is 391. The highest BCUT2D eigenvalue weighted by Crippen LogP contribution is 2.21. The van der Waals surface area contributed by atoms with Crippen molar-refractivity contribution in [2.24, 2.45) is 7.05 Å². The van der Waals surface area contributed by atoms with Gasteiger partial charge in [-0.15, -0.1) is 11.6 Å². The maximum absolute atomic E-state index is 5.93. The highest BCUT2D eigenvalue weighted by molar-refractivity contribution is 6.18. The fraction of sp³-hybridized carbons (Fsp3) is 0.769. The summed E-state index contributed by atoms with van der Waals surface area (Å²) < 4.78 is 7.99. The number of morpholine rings is 1. The van der Waals surface area contributed by atoms with Gasteiger partial charge >= 0.3 is 0 Å². The molecule has 1 aliphatic heterocycles. The van der Waals surface area contributed by atoms with E-state index in [0.29, 0.717) is 5.88 Å². The van der Waals surface area contributed by atoms with Crippen LogP contribution >= 0.6 is 11.6 Å². The number of halogens is 1. The Hall–Kier alpha value is -0.580. The van der Waals surface area contributed by atoms with E-state index in [9.17, 15) is 0 Å². The molecule has 1 fully saturated rings. The second-order valence-corrected chi connectivity index (χ2v) is 5.90. The van der Waals surface area contributed by atoms with Gasteiger partial charge in [0.1, 0.15) is 5.82 Å². The predicted octanol–water partition coefficient (Wildman–Crippen LogP) is 1.68. The fourth-order valence-corrected chi connectivity index (χ4v) is 2.72. The van der Waals surface area contributed by atoms with Gasteiger partial charge in [-0.1, -0.05) is 0 Å². The van der Waals surface area contributed by atoms with Gasteiger partial charge in [0.15, 0.2) is 0 Å². The standard InChI is InChI=1S/C13H22ClN3O/c1-13(2)10-17(9-11(8-14)18-13)6-4-12-15-5-7-16(12)3/h5,7,11H,4,6,8-10H2,1-3H3. The lowest BCUT2D eigenvalue weighted by Crippen LogP contribution is -2.53. The monoisotopic (exact) mass is 271 g/mol. The second kappa shape index (κ2) is 5.59. The van der Waals surface area contributed by atoms with Crippen molar-refractivity contribution < 1.29 is 4.74 Å². The third-order valence-corrected chi connectivity index (χ3v) is 3.64. The quantitative estimate of drug-likeness (QED) is 0.781. The molecule has 2 rings (SSSR count). The zero-order valence-electron chi connectivity index (χ0n) is 11.4. The van der Waals surface area contributed by atoms with Crippen LogP contribution in [0.2, 0.25) is 0 Å². The fourth-order valence-electron chi connectivity index (χ4n) is 2.56. The van der Waals surface area contributed by atoms with Crippen LogP contribution in [-0.4, -0.2) is 51.7 Å². The highest BCUT2D eigenvalue weighted by Gasteiger charge is 2.32. The number of rotatable bonds is 4. The van der Waals surface area contributed by atoms with Crippen LogP contribution in [0.4, 0.5) is 0 Å². The first kappa shape index (κ1) is 13.8. The average molecular weight is 272 g/mol. The maximum Gasteiger partial charge on any atom is 0.109 e. The van der Waals surface area contributed by atoms with E-state index in [0.717, 1.165) is 31.9 Å². The molecular formula is C13H22ClN3O. The van der Waals surface area contributed by atoms with E-state index >= 15 is 0 Å². The molecule has 0 aliphatic carbocycles. The number of nitrogens with zero attached hydrogens (tertiary/aromatic N) is 3. The lowest BCUT2D eigenvalue weighted by Gasteiger charge is -2.42. The molecule has 4 nitrogen and oxygen atoms in total. The van der Waals surface area contributed by atoms with Crippen molar-refractivity contribution in [2.75, 3.05) is 25.5 Å². The van der Waals surface area contributed by atoms with Crippen LogP contribution in [-0.2, 0) is 18.2 Å². The summed E-state index contributed by atoms with van der Waals surface area (Å²) in [5.74, 6) is 1.68. The van der Waals surface area contributed by atoms with Crippen molar-refractivity contribution in [2.45, 2.75) is 32.0 Å². The lowest BCUT2D eigenvalue weighted by atomic mass is 10.1. The maximum atomic E-state index is 5.93. The summed E-state index contributed by atoms with van der Waals surface area (Å²) >= 11 is 5.93. The Balaban J connectivity index is 1.90. The molecule has 0 N–H and O–H groups in total. The van der Waals surface area contributed by atoms with Crippen LogP contribution in [0, 0.1) is 0 Å². The first-order chi connectivity index (χ1) is 8.50. The highest BCUT2D eigenvalue weighted by atomic mass is 35.5. The lowest BCUT2D eigenvalue weighted by molar-refractivity contribution is -0.127. The zero-order chi connectivity index (χ0) is 13.2. The minimum Gasteiger partial charge on any atom is -0.368 e. The van der Waals surface area contributed by atoms with E-state index in [2.05, 4.69) is 28.3 Å². The molecule has 1 atom stereocenters. The molecule has 1 unspecified atom stereocenters. The van der Waals surface area contributed by atoms with Crippen LogP contribution < -0.4 is 0 Å². The van der Waals surface area contributed by atoms with E-state index in [4.69, 9.17) is 16.3 Å². The van der Waals surface area contributed by atoms with Crippen LogP contribution in [0.5, 0.6) is 0 Å². The van der Waals surface area contributed by atoms with Gasteiger partial charge in [-0.2, -0.15) is 0 Å². The second-order valence-electron chi connectivity index (χ2n) is 5.59. The molecule has 5 heteroatoms. The molecule has 0 spiro atoms. The normalized spacial score (nSPS) is 24.3. The Morgan fingerprint density at radius 2 is 2.33 bits per heavy atom. The smallest absolute Gasteiger partial charge is 0.109 e. The minimum absolute atomic E-state index is 0.112. The summed E-state index contributed by atoms with van der Waals surface area (Å²) in [4.78, 5) is 6.78. The summed E-state index contributed by atoms with van der Waals surface area (Å²) in [5, 5.41) is 0. The van der Waals surface area contributed by atoms with Gasteiger partial charge in [0.25, 0.3) is 0 Å². The molecule has 0 bridgehead atoms. The molecule has 0 radical (unpaired) electrons. The van der Waals surface area contributed by atoms with Crippen molar-refractivity contribution in [3.05, 3.63) is 18.2 Å². The predicted molar refractivity (Wildman–Crippen MR) is 73.0 cm³/mol. The first-order valence-corrected chi connectivity index (χ1v) is 6.96. The number of imidazole rings is 1. The summed E-state index contributed by atoms with van der Waals surface area (Å²) in [6.07, 6.45) is 4.94. The topological polar surface area (TPSA) is 30.3 Å². The molecule has 0 aromatic carbocycles. The summed E-state index contributed by atoms with van der Waals surface area (Å²) in [6.45, 7) is 7.12. The van der Waals surface area contributed by atoms with E-state index in [1.807, 2.05) is 19.4 Å². The van der Waals surface area contributed by atoms with Crippen molar-refractivity contribution in [3.8, 4) is 0 Å². The number of aryl methyl sites for hydroxylation is 1. The molecule has 1 aromatic heterocycles. The Labute approximate surface area is 114 Å². The molecule has 0 amide bonds. The van der Waals surface area contributed by atoms with Crippen molar-refractivity contribution in [3.63, 3.8) is 0 Å². The number of aromatic nitrogens is 2. The van der Waals surface area contributed by atoms with Crippen LogP contribution in [0.25, 0.3) is 0 Å². The van der Waals surface area contributed by atoms with Crippen molar-refractivity contribution >= 4 is 11.6 Å². The van der Waals surface area contributed by atoms with Gasteiger partial charge in [0.05, 0.1) is 11.7 Å². The number of hydrogen-bond donors (Lipinski definition) is 0. The zero-order valence-corrected chi connectivity index (χ0v) is 12.2. The largest absolute Gasteiger partial charge is 0.368 e. The Kier molecular flexibility index (Phi) is 4.30. The van der Waals surface area contributed by atoms with E-state index < -0.39 is 0 Å². The molecular weight excluding hydrogens is 250 g/mol. The molecule has 18 heavy (non-hydrogen) atoms. The molecule has 102 valence electrons. The molecule has 1 aromatic rings. The third kappa shape index (κ3) is 3.46. The van der Waals surface area contributed by atoms with Crippen LogP contribution in [0.1, 0.15) is 19.7 Å². The van der Waals surface area contributed by atoms with Gasteiger partial charge in [-0.3, -0.25) is 4.90 Å². The molecule has 1 saturated heterocycles.